The van der Waals surface area contributed by atoms with E-state index >= 15 is 0 Å². The van der Waals surface area contributed by atoms with Crippen molar-refractivity contribution in [1.82, 2.24) is 20.4 Å². The van der Waals surface area contributed by atoms with Crippen molar-refractivity contribution in [2.24, 2.45) is 10.9 Å². The van der Waals surface area contributed by atoms with Gasteiger partial charge >= 0.3 is 0 Å². The molecule has 0 aromatic heterocycles. The molecular weight excluding hydrogens is 457 g/mol. The van der Waals surface area contributed by atoms with Crippen molar-refractivity contribution in [2.45, 2.75) is 46.1 Å². The van der Waals surface area contributed by atoms with Crippen LogP contribution in [0, 0.1) is 5.92 Å². The second-order valence-corrected chi connectivity index (χ2v) is 7.49. The summed E-state index contributed by atoms with van der Waals surface area (Å²) in [6.45, 7) is 14.3. The minimum atomic E-state index is 0. The molecule has 0 aliphatic carbocycles. The standard InChI is InChI=1S/C19H37N5O2.HI/c1-4-20-19(21-8-5-6-9-23-11-13-26-14-12-23)22-17-7-10-24(15-17)18(25)16(2)3;/h16-17H,4-15H2,1-3H3,(H2,20,21,22);1H. The van der Waals surface area contributed by atoms with E-state index in [9.17, 15) is 4.79 Å². The fraction of sp³-hybridized carbons (Fsp3) is 0.895. The number of nitrogens with zero attached hydrogens (tertiary/aromatic N) is 3. The first kappa shape index (κ1) is 24.4. The number of aliphatic imine (C=N–C) groups is 1. The van der Waals surface area contributed by atoms with Crippen molar-refractivity contribution >= 4 is 35.8 Å². The largest absolute Gasteiger partial charge is 0.379 e. The Balaban J connectivity index is 0.00000364. The third-order valence-electron chi connectivity index (χ3n) is 4.93. The Hall–Kier alpha value is -0.610. The normalized spacial score (nSPS) is 21.3. The molecule has 2 saturated heterocycles. The second kappa shape index (κ2) is 13.5. The first-order valence-corrected chi connectivity index (χ1v) is 10.2. The molecule has 0 aromatic carbocycles. The van der Waals surface area contributed by atoms with E-state index in [1.54, 1.807) is 0 Å². The average Bonchev–Trinajstić information content (AvgIpc) is 3.10. The molecule has 158 valence electrons. The van der Waals surface area contributed by atoms with Gasteiger partial charge in [0.25, 0.3) is 0 Å². The Morgan fingerprint density at radius 3 is 2.63 bits per heavy atom. The van der Waals surface area contributed by atoms with Gasteiger partial charge in [-0.2, -0.15) is 0 Å². The number of morpholine rings is 1. The number of hydrogen-bond donors (Lipinski definition) is 2. The lowest BCUT2D eigenvalue weighted by atomic mass is 10.2. The maximum atomic E-state index is 12.1. The maximum Gasteiger partial charge on any atom is 0.225 e. The number of carbonyl (C=O) groups is 1. The Kier molecular flexibility index (Phi) is 12.3. The Morgan fingerprint density at radius 2 is 1.96 bits per heavy atom. The summed E-state index contributed by atoms with van der Waals surface area (Å²) in [6, 6.07) is 0.295. The molecule has 27 heavy (non-hydrogen) atoms. The smallest absolute Gasteiger partial charge is 0.225 e. The molecule has 0 saturated carbocycles. The summed E-state index contributed by atoms with van der Waals surface area (Å²) in [5, 5.41) is 6.82. The van der Waals surface area contributed by atoms with Crippen LogP contribution in [0.15, 0.2) is 4.99 Å². The summed E-state index contributed by atoms with van der Waals surface area (Å²) in [7, 11) is 0. The minimum Gasteiger partial charge on any atom is -0.379 e. The summed E-state index contributed by atoms with van der Waals surface area (Å²) < 4.78 is 5.38. The number of amides is 1. The van der Waals surface area contributed by atoms with Gasteiger partial charge in [0.05, 0.1) is 13.2 Å². The lowest BCUT2D eigenvalue weighted by Crippen LogP contribution is -2.45. The number of halogens is 1. The fourth-order valence-electron chi connectivity index (χ4n) is 3.42. The lowest BCUT2D eigenvalue weighted by Gasteiger charge is -2.26. The molecule has 0 bridgehead atoms. The van der Waals surface area contributed by atoms with Gasteiger partial charge in [0.15, 0.2) is 5.96 Å². The van der Waals surface area contributed by atoms with Crippen molar-refractivity contribution in [3.05, 3.63) is 0 Å². The van der Waals surface area contributed by atoms with Crippen LogP contribution in [-0.2, 0) is 9.53 Å². The molecular formula is C19H38IN5O2. The molecule has 1 amide bonds. The molecule has 2 N–H and O–H groups in total. The highest BCUT2D eigenvalue weighted by Crippen LogP contribution is 2.12. The predicted octanol–water partition coefficient (Wildman–Crippen LogP) is 1.53. The molecule has 0 spiro atoms. The molecule has 7 nitrogen and oxygen atoms in total. The molecule has 1 atom stereocenters. The highest BCUT2D eigenvalue weighted by atomic mass is 127. The summed E-state index contributed by atoms with van der Waals surface area (Å²) in [5.41, 5.74) is 0. The van der Waals surface area contributed by atoms with Gasteiger partial charge < -0.3 is 20.3 Å². The van der Waals surface area contributed by atoms with Crippen LogP contribution in [0.2, 0.25) is 0 Å². The molecule has 2 rings (SSSR count). The molecule has 8 heteroatoms. The zero-order valence-electron chi connectivity index (χ0n) is 17.2. The van der Waals surface area contributed by atoms with E-state index in [1.807, 2.05) is 18.7 Å². The number of ether oxygens (including phenoxy) is 1. The van der Waals surface area contributed by atoms with Crippen molar-refractivity contribution in [3.8, 4) is 0 Å². The number of likely N-dealkylation sites (tertiary alicyclic amines) is 1. The summed E-state index contributed by atoms with van der Waals surface area (Å²) >= 11 is 0. The first-order chi connectivity index (χ1) is 12.6. The highest BCUT2D eigenvalue weighted by molar-refractivity contribution is 14.0. The zero-order chi connectivity index (χ0) is 18.8. The molecule has 2 heterocycles. The van der Waals surface area contributed by atoms with Crippen LogP contribution in [0.5, 0.6) is 0 Å². The van der Waals surface area contributed by atoms with E-state index in [0.717, 1.165) is 77.8 Å². The number of nitrogens with one attached hydrogen (secondary N) is 2. The molecule has 0 radical (unpaired) electrons. The van der Waals surface area contributed by atoms with E-state index in [-0.39, 0.29) is 35.8 Å². The predicted molar refractivity (Wildman–Crippen MR) is 121 cm³/mol. The number of carbonyl (C=O) groups excluding carboxylic acids is 1. The average molecular weight is 495 g/mol. The SMILES string of the molecule is CCNC(=NCCCCN1CCOCC1)NC1CCN(C(=O)C(C)C)C1.I. The van der Waals surface area contributed by atoms with Gasteiger partial charge in [0.1, 0.15) is 0 Å². The van der Waals surface area contributed by atoms with Crippen LogP contribution in [0.4, 0.5) is 0 Å². The van der Waals surface area contributed by atoms with Gasteiger partial charge in [-0.15, -0.1) is 24.0 Å². The van der Waals surface area contributed by atoms with Crippen LogP contribution in [0.1, 0.15) is 40.0 Å². The second-order valence-electron chi connectivity index (χ2n) is 7.49. The molecule has 1 unspecified atom stereocenters. The Morgan fingerprint density at radius 1 is 1.22 bits per heavy atom. The molecule has 0 aromatic rings. The number of guanidine groups is 1. The summed E-state index contributed by atoms with van der Waals surface area (Å²) in [5.74, 6) is 1.20. The van der Waals surface area contributed by atoms with E-state index < -0.39 is 0 Å². The van der Waals surface area contributed by atoms with Crippen LogP contribution >= 0.6 is 24.0 Å². The lowest BCUT2D eigenvalue weighted by molar-refractivity contribution is -0.133. The van der Waals surface area contributed by atoms with E-state index in [0.29, 0.717) is 6.04 Å². The van der Waals surface area contributed by atoms with Gasteiger partial charge in [-0.05, 0) is 32.7 Å². The van der Waals surface area contributed by atoms with Gasteiger partial charge in [-0.1, -0.05) is 13.8 Å². The van der Waals surface area contributed by atoms with Gasteiger partial charge in [0, 0.05) is 51.2 Å². The van der Waals surface area contributed by atoms with Crippen molar-refractivity contribution in [1.29, 1.82) is 0 Å². The van der Waals surface area contributed by atoms with Crippen molar-refractivity contribution < 1.29 is 9.53 Å². The fourth-order valence-corrected chi connectivity index (χ4v) is 3.42. The van der Waals surface area contributed by atoms with Crippen molar-refractivity contribution in [2.75, 3.05) is 59.0 Å². The molecule has 2 aliphatic rings. The first-order valence-electron chi connectivity index (χ1n) is 10.2. The van der Waals surface area contributed by atoms with E-state index in [2.05, 4.69) is 22.5 Å². The van der Waals surface area contributed by atoms with Gasteiger partial charge in [0.2, 0.25) is 5.91 Å². The van der Waals surface area contributed by atoms with Crippen LogP contribution < -0.4 is 10.6 Å². The molecule has 2 fully saturated rings. The number of hydrogen-bond acceptors (Lipinski definition) is 4. The summed E-state index contributed by atoms with van der Waals surface area (Å²) in [6.07, 6.45) is 3.25. The third-order valence-corrected chi connectivity index (χ3v) is 4.93. The topological polar surface area (TPSA) is 69.2 Å². The zero-order valence-corrected chi connectivity index (χ0v) is 19.5. The number of unbranched alkanes of at least 4 members (excludes halogenated alkanes) is 1. The van der Waals surface area contributed by atoms with Crippen LogP contribution in [0.3, 0.4) is 0 Å². The Labute approximate surface area is 181 Å². The molecule has 2 aliphatic heterocycles. The van der Waals surface area contributed by atoms with E-state index in [4.69, 9.17) is 9.73 Å². The van der Waals surface area contributed by atoms with E-state index in [1.165, 1.54) is 6.42 Å². The van der Waals surface area contributed by atoms with Gasteiger partial charge in [-0.3, -0.25) is 14.7 Å². The minimum absolute atomic E-state index is 0. The van der Waals surface area contributed by atoms with Crippen molar-refractivity contribution in [3.63, 3.8) is 0 Å². The Bertz CT molecular complexity index is 455. The van der Waals surface area contributed by atoms with Crippen LogP contribution in [-0.4, -0.2) is 86.7 Å². The number of rotatable bonds is 8. The highest BCUT2D eigenvalue weighted by Gasteiger charge is 2.27. The quantitative estimate of drug-likeness (QED) is 0.232. The maximum absolute atomic E-state index is 12.1. The summed E-state index contributed by atoms with van der Waals surface area (Å²) in [4.78, 5) is 21.3. The van der Waals surface area contributed by atoms with Crippen LogP contribution in [0.25, 0.3) is 0 Å². The third kappa shape index (κ3) is 8.95. The monoisotopic (exact) mass is 495 g/mol. The van der Waals surface area contributed by atoms with Gasteiger partial charge in [-0.25, -0.2) is 0 Å².